The maximum Gasteiger partial charge on any atom is 0.208 e. The number of anilines is 1. The average Bonchev–Trinajstić information content (AvgIpc) is 3.28. The second-order valence-electron chi connectivity index (χ2n) is 13.7. The zero-order valence-corrected chi connectivity index (χ0v) is 24.6. The number of carbonyl (C=O) groups is 1. The highest BCUT2D eigenvalue weighted by atomic mass is 32.1. The number of piperidine rings is 1. The van der Waals surface area contributed by atoms with Gasteiger partial charge in [-0.1, -0.05) is 32.4 Å². The Hall–Kier alpha value is -1.36. The lowest BCUT2D eigenvalue weighted by Crippen LogP contribution is -2.86. The lowest BCUT2D eigenvalue weighted by Gasteiger charge is -2.74. The van der Waals surface area contributed by atoms with Gasteiger partial charge in [0.05, 0.1) is 18.4 Å². The summed E-state index contributed by atoms with van der Waals surface area (Å²) in [6, 6.07) is 0. The van der Waals surface area contributed by atoms with Crippen LogP contribution in [0.4, 0.5) is 5.13 Å². The van der Waals surface area contributed by atoms with Crippen LogP contribution in [-0.2, 0) is 21.4 Å². The van der Waals surface area contributed by atoms with Crippen molar-refractivity contribution in [3.05, 3.63) is 22.7 Å². The SMILES string of the molecule is C=C(C)[C@@H]1CC[C@H]2[C@@]34CO[C@@](O)([C@@H](O)[C@@H]3C(C)(C)Cc3sc(NCCN5CCCCC5)nc34)[C@@]2(C(C)=O)[C@@H]1O. The predicted molar refractivity (Wildman–Crippen MR) is 151 cm³/mol. The van der Waals surface area contributed by atoms with Crippen LogP contribution in [0, 0.1) is 28.6 Å². The summed E-state index contributed by atoms with van der Waals surface area (Å²) in [7, 11) is 0. The minimum Gasteiger partial charge on any atom is -0.391 e. The molecule has 6 aliphatic rings. The largest absolute Gasteiger partial charge is 0.391 e. The first-order chi connectivity index (χ1) is 18.4. The summed E-state index contributed by atoms with van der Waals surface area (Å²) >= 11 is 1.66. The molecule has 4 N–H and O–H groups in total. The maximum atomic E-state index is 13.7. The summed E-state index contributed by atoms with van der Waals surface area (Å²) in [5.41, 5.74) is -1.18. The van der Waals surface area contributed by atoms with Crippen LogP contribution in [0.2, 0.25) is 0 Å². The zero-order chi connectivity index (χ0) is 28.0. The number of likely N-dealkylation sites (tertiary alicyclic amines) is 1. The van der Waals surface area contributed by atoms with Crippen molar-refractivity contribution in [2.45, 2.75) is 89.6 Å². The summed E-state index contributed by atoms with van der Waals surface area (Å²) in [4.78, 5) is 22.6. The standard InChI is InChI=1S/C30H45N3O5S/c1-17(2)19-9-10-21-28-16-38-30(37,29(21,18(3)34)24(19)35)25(36)22(28)27(4,5)15-20-23(28)32-26(39-20)31-11-14-33-12-7-6-8-13-33/h19,21-22,24-25,35-37H,1,6-16H2,2-5H3,(H,31,32)/t19-,21-,22+,24+,25-,28-,29+,30-/m0/s1. The number of nitrogens with one attached hydrogen (secondary N) is 1. The Labute approximate surface area is 235 Å². The second-order valence-corrected chi connectivity index (χ2v) is 14.8. The molecule has 39 heavy (non-hydrogen) atoms. The first-order valence-electron chi connectivity index (χ1n) is 14.8. The van der Waals surface area contributed by atoms with Crippen molar-refractivity contribution in [2.24, 2.45) is 28.6 Å². The van der Waals surface area contributed by atoms with E-state index in [1.165, 1.54) is 26.2 Å². The summed E-state index contributed by atoms with van der Waals surface area (Å²) in [6.07, 6.45) is 3.29. The first-order valence-corrected chi connectivity index (χ1v) is 15.6. The van der Waals surface area contributed by atoms with E-state index in [4.69, 9.17) is 9.72 Å². The molecule has 0 aromatic carbocycles. The molecule has 0 radical (unpaired) electrons. The molecule has 2 saturated carbocycles. The molecule has 0 amide bonds. The van der Waals surface area contributed by atoms with E-state index in [0.29, 0.717) is 12.8 Å². The van der Waals surface area contributed by atoms with Gasteiger partial charge in [0.25, 0.3) is 0 Å². The van der Waals surface area contributed by atoms with Crippen molar-refractivity contribution in [3.63, 3.8) is 0 Å². The number of thiazole rings is 1. The van der Waals surface area contributed by atoms with Gasteiger partial charge in [0, 0.05) is 35.2 Å². The molecule has 4 heterocycles. The number of fused-ring (bicyclic) bond motifs is 2. The van der Waals surface area contributed by atoms with Gasteiger partial charge in [-0.3, -0.25) is 4.79 Å². The monoisotopic (exact) mass is 559 g/mol. The lowest BCUT2D eigenvalue weighted by molar-refractivity contribution is -0.433. The molecule has 1 aromatic rings. The van der Waals surface area contributed by atoms with Crippen molar-refractivity contribution in [1.29, 1.82) is 0 Å². The zero-order valence-electron chi connectivity index (χ0n) is 23.8. The van der Waals surface area contributed by atoms with Gasteiger partial charge < -0.3 is 30.3 Å². The highest BCUT2D eigenvalue weighted by Crippen LogP contribution is 2.73. The van der Waals surface area contributed by atoms with Crippen LogP contribution in [0.1, 0.15) is 70.4 Å². The summed E-state index contributed by atoms with van der Waals surface area (Å²) in [6.45, 7) is 15.9. The van der Waals surface area contributed by atoms with E-state index >= 15 is 0 Å². The molecule has 3 aliphatic heterocycles. The van der Waals surface area contributed by atoms with Gasteiger partial charge in [0.2, 0.25) is 5.79 Å². The molecular weight excluding hydrogens is 514 g/mol. The number of Topliss-reactive ketones (excluding diaryl/α,β-unsaturated/α-hetero) is 1. The molecule has 1 spiro atoms. The van der Waals surface area contributed by atoms with E-state index in [0.717, 1.165) is 53.9 Å². The number of hydrogen-bond acceptors (Lipinski definition) is 9. The van der Waals surface area contributed by atoms with E-state index in [-0.39, 0.29) is 29.6 Å². The van der Waals surface area contributed by atoms with Crippen LogP contribution in [0.3, 0.4) is 0 Å². The number of aliphatic hydroxyl groups excluding tert-OH is 2. The molecule has 216 valence electrons. The fraction of sp³-hybridized carbons (Fsp3) is 0.800. The smallest absolute Gasteiger partial charge is 0.208 e. The third kappa shape index (κ3) is 3.59. The lowest BCUT2D eigenvalue weighted by atomic mass is 9.35. The first kappa shape index (κ1) is 27.8. The van der Waals surface area contributed by atoms with Crippen LogP contribution in [0.15, 0.2) is 12.2 Å². The third-order valence-corrected chi connectivity index (χ3v) is 12.2. The molecule has 8 nitrogen and oxygen atoms in total. The Kier molecular flexibility index (Phi) is 6.65. The Bertz CT molecular complexity index is 1160. The van der Waals surface area contributed by atoms with Gasteiger partial charge in [-0.2, -0.15) is 0 Å². The maximum absolute atomic E-state index is 13.7. The van der Waals surface area contributed by atoms with Gasteiger partial charge >= 0.3 is 0 Å². The Morgan fingerprint density at radius 3 is 2.56 bits per heavy atom. The number of rotatable bonds is 6. The minimum atomic E-state index is -2.18. The second kappa shape index (κ2) is 9.33. The molecular formula is C30H45N3O5S. The van der Waals surface area contributed by atoms with Crippen LogP contribution in [0.5, 0.6) is 0 Å². The summed E-state index contributed by atoms with van der Waals surface area (Å²) in [5.74, 6) is -3.67. The number of ketones is 1. The fourth-order valence-corrected chi connectivity index (χ4v) is 11.0. The molecule has 7 rings (SSSR count). The summed E-state index contributed by atoms with van der Waals surface area (Å²) in [5, 5.41) is 40.5. The van der Waals surface area contributed by atoms with Crippen molar-refractivity contribution in [2.75, 3.05) is 38.1 Å². The Balaban J connectivity index is 1.44. The van der Waals surface area contributed by atoms with E-state index in [1.807, 2.05) is 6.92 Å². The van der Waals surface area contributed by atoms with Crippen LogP contribution in [0.25, 0.3) is 0 Å². The topological polar surface area (TPSA) is 115 Å². The normalized spacial score (nSPS) is 42.8. The van der Waals surface area contributed by atoms with Crippen molar-refractivity contribution < 1.29 is 24.9 Å². The number of aromatic nitrogens is 1. The van der Waals surface area contributed by atoms with Gasteiger partial charge in [-0.05, 0) is 70.4 Å². The fourth-order valence-electron chi connectivity index (χ4n) is 9.64. The van der Waals surface area contributed by atoms with Gasteiger partial charge in [-0.25, -0.2) is 4.98 Å². The number of nitrogens with zero attached hydrogens (tertiary/aromatic N) is 2. The molecule has 2 bridgehead atoms. The number of carbonyl (C=O) groups excluding carboxylic acids is 1. The van der Waals surface area contributed by atoms with E-state index in [2.05, 4.69) is 30.6 Å². The molecule has 3 saturated heterocycles. The molecule has 1 aromatic heterocycles. The Morgan fingerprint density at radius 2 is 1.90 bits per heavy atom. The highest BCUT2D eigenvalue weighted by Gasteiger charge is 2.84. The average molecular weight is 560 g/mol. The van der Waals surface area contributed by atoms with Crippen LogP contribution >= 0.6 is 11.3 Å². The molecule has 3 aliphatic carbocycles. The van der Waals surface area contributed by atoms with E-state index in [1.54, 1.807) is 11.3 Å². The minimum absolute atomic E-state index is 0.169. The van der Waals surface area contributed by atoms with Crippen LogP contribution < -0.4 is 5.32 Å². The molecule has 9 heteroatoms. The predicted octanol–water partition coefficient (Wildman–Crippen LogP) is 3.11. The van der Waals surface area contributed by atoms with Crippen molar-refractivity contribution in [3.8, 4) is 0 Å². The van der Waals surface area contributed by atoms with E-state index in [9.17, 15) is 20.1 Å². The number of aliphatic hydroxyl groups is 3. The van der Waals surface area contributed by atoms with Gasteiger partial charge in [0.15, 0.2) is 5.13 Å². The molecule has 0 unspecified atom stereocenters. The van der Waals surface area contributed by atoms with Gasteiger partial charge in [0.1, 0.15) is 17.3 Å². The highest BCUT2D eigenvalue weighted by molar-refractivity contribution is 7.15. The van der Waals surface area contributed by atoms with Crippen molar-refractivity contribution >= 4 is 22.3 Å². The molecule has 8 atom stereocenters. The number of hydrogen-bond donors (Lipinski definition) is 4. The van der Waals surface area contributed by atoms with Crippen LogP contribution in [-0.4, -0.2) is 81.8 Å². The third-order valence-electron chi connectivity index (χ3n) is 11.1. The summed E-state index contributed by atoms with van der Waals surface area (Å²) < 4.78 is 6.22. The van der Waals surface area contributed by atoms with E-state index < -0.39 is 34.7 Å². The van der Waals surface area contributed by atoms with Gasteiger partial charge in [-0.15, -0.1) is 11.3 Å². The molecule has 5 fully saturated rings. The Morgan fingerprint density at radius 1 is 1.18 bits per heavy atom. The number of ether oxygens (including phenoxy) is 1. The quantitative estimate of drug-likeness (QED) is 0.393. The van der Waals surface area contributed by atoms with Crippen molar-refractivity contribution in [1.82, 2.24) is 9.88 Å².